The van der Waals surface area contributed by atoms with E-state index in [0.29, 0.717) is 12.8 Å². The zero-order valence-corrected chi connectivity index (χ0v) is 12.4. The van der Waals surface area contributed by atoms with Crippen LogP contribution in [-0.2, 0) is 9.78 Å². The van der Waals surface area contributed by atoms with E-state index in [2.05, 4.69) is 13.8 Å². The molecule has 4 nitrogen and oxygen atoms in total. The quantitative estimate of drug-likeness (QED) is 0.259. The summed E-state index contributed by atoms with van der Waals surface area (Å²) in [4.78, 5) is 9.95. The van der Waals surface area contributed by atoms with E-state index >= 15 is 0 Å². The van der Waals surface area contributed by atoms with E-state index in [-0.39, 0.29) is 0 Å². The number of rotatable bonds is 11. The maximum absolute atomic E-state index is 9.92. The fourth-order valence-corrected chi connectivity index (χ4v) is 1.67. The van der Waals surface area contributed by atoms with Gasteiger partial charge in [0.15, 0.2) is 11.6 Å². The molecule has 0 spiro atoms. The monoisotopic (exact) mass is 262 g/mol. The number of hydrogen-bond donors (Lipinski definition) is 2. The molecule has 0 aromatic rings. The summed E-state index contributed by atoms with van der Waals surface area (Å²) in [6, 6.07) is 0. The van der Waals surface area contributed by atoms with Crippen molar-refractivity contribution in [2.75, 3.05) is 0 Å². The SMILES string of the molecule is CCCCCC(C)(O)OOC(C)(O)CCCCC. The zero-order chi connectivity index (χ0) is 14.1. The third-order valence-corrected chi connectivity index (χ3v) is 2.89. The van der Waals surface area contributed by atoms with Crippen molar-refractivity contribution in [1.82, 2.24) is 0 Å². The van der Waals surface area contributed by atoms with E-state index in [1.54, 1.807) is 13.8 Å². The lowest BCUT2D eigenvalue weighted by Gasteiger charge is -2.28. The van der Waals surface area contributed by atoms with Crippen LogP contribution in [0.5, 0.6) is 0 Å². The van der Waals surface area contributed by atoms with Gasteiger partial charge in [0.05, 0.1) is 0 Å². The van der Waals surface area contributed by atoms with Crippen molar-refractivity contribution in [2.45, 2.75) is 90.6 Å². The Kier molecular flexibility index (Phi) is 8.78. The minimum atomic E-state index is -1.33. The third kappa shape index (κ3) is 9.83. The van der Waals surface area contributed by atoms with Crippen molar-refractivity contribution in [2.24, 2.45) is 0 Å². The van der Waals surface area contributed by atoms with Gasteiger partial charge in [0.25, 0.3) is 0 Å². The molecule has 0 rings (SSSR count). The van der Waals surface area contributed by atoms with Gasteiger partial charge >= 0.3 is 0 Å². The minimum absolute atomic E-state index is 0.506. The molecular weight excluding hydrogens is 232 g/mol. The third-order valence-electron chi connectivity index (χ3n) is 2.89. The van der Waals surface area contributed by atoms with Crippen molar-refractivity contribution in [3.8, 4) is 0 Å². The normalized spacial score (nSPS) is 18.3. The summed E-state index contributed by atoms with van der Waals surface area (Å²) in [5, 5.41) is 19.8. The maximum atomic E-state index is 9.92. The summed E-state index contributed by atoms with van der Waals surface area (Å²) >= 11 is 0. The second kappa shape index (κ2) is 8.86. The predicted octanol–water partition coefficient (Wildman–Crippen LogP) is 3.51. The van der Waals surface area contributed by atoms with Crippen LogP contribution in [0.15, 0.2) is 0 Å². The molecule has 0 heterocycles. The first-order chi connectivity index (χ1) is 8.33. The van der Waals surface area contributed by atoms with Gasteiger partial charge in [0.1, 0.15) is 0 Å². The Morgan fingerprint density at radius 3 is 1.33 bits per heavy atom. The van der Waals surface area contributed by atoms with Gasteiger partial charge in [-0.15, -0.1) is 0 Å². The molecular formula is C14H30O4. The van der Waals surface area contributed by atoms with Gasteiger partial charge in [-0.25, -0.2) is 0 Å². The highest BCUT2D eigenvalue weighted by atomic mass is 17.2. The second-order valence-electron chi connectivity index (χ2n) is 5.43. The van der Waals surface area contributed by atoms with Gasteiger partial charge in [-0.1, -0.05) is 39.5 Å². The van der Waals surface area contributed by atoms with Crippen LogP contribution in [0.4, 0.5) is 0 Å². The van der Waals surface area contributed by atoms with Crippen LogP contribution in [0.1, 0.15) is 79.1 Å². The Balaban J connectivity index is 3.88. The molecule has 0 radical (unpaired) electrons. The molecule has 0 aliphatic heterocycles. The van der Waals surface area contributed by atoms with Gasteiger partial charge in [0, 0.05) is 12.8 Å². The van der Waals surface area contributed by atoms with Gasteiger partial charge in [-0.05, 0) is 26.7 Å². The van der Waals surface area contributed by atoms with Crippen molar-refractivity contribution in [3.05, 3.63) is 0 Å². The first-order valence-electron chi connectivity index (χ1n) is 7.14. The Bertz CT molecular complexity index is 180. The maximum Gasteiger partial charge on any atom is 0.196 e. The number of aliphatic hydroxyl groups is 2. The topological polar surface area (TPSA) is 58.9 Å². The highest BCUT2D eigenvalue weighted by molar-refractivity contribution is 4.61. The van der Waals surface area contributed by atoms with Crippen LogP contribution in [0.3, 0.4) is 0 Å². The number of unbranched alkanes of at least 4 members (excludes halogenated alkanes) is 4. The second-order valence-corrected chi connectivity index (χ2v) is 5.43. The van der Waals surface area contributed by atoms with Crippen molar-refractivity contribution in [3.63, 3.8) is 0 Å². The molecule has 0 aliphatic carbocycles. The Labute approximate surface area is 111 Å². The average Bonchev–Trinajstić information content (AvgIpc) is 2.27. The lowest BCUT2D eigenvalue weighted by atomic mass is 10.1. The first kappa shape index (κ1) is 17.8. The van der Waals surface area contributed by atoms with Crippen LogP contribution in [0.2, 0.25) is 0 Å². The van der Waals surface area contributed by atoms with E-state index < -0.39 is 11.6 Å². The number of hydrogen-bond acceptors (Lipinski definition) is 4. The van der Waals surface area contributed by atoms with Gasteiger partial charge in [0.2, 0.25) is 0 Å². The molecule has 110 valence electrons. The Morgan fingerprint density at radius 1 is 0.722 bits per heavy atom. The van der Waals surface area contributed by atoms with Gasteiger partial charge in [-0.3, -0.25) is 0 Å². The van der Waals surface area contributed by atoms with E-state index in [1.807, 2.05) is 0 Å². The fourth-order valence-electron chi connectivity index (χ4n) is 1.67. The van der Waals surface area contributed by atoms with Crippen LogP contribution in [0.25, 0.3) is 0 Å². The molecule has 2 N–H and O–H groups in total. The molecule has 0 aliphatic rings. The lowest BCUT2D eigenvalue weighted by molar-refractivity contribution is -0.488. The van der Waals surface area contributed by atoms with Crippen LogP contribution in [-0.4, -0.2) is 21.8 Å². The predicted molar refractivity (Wildman–Crippen MR) is 71.7 cm³/mol. The molecule has 18 heavy (non-hydrogen) atoms. The molecule has 0 saturated carbocycles. The summed E-state index contributed by atoms with van der Waals surface area (Å²) in [5.74, 6) is -2.66. The smallest absolute Gasteiger partial charge is 0.196 e. The van der Waals surface area contributed by atoms with Gasteiger partial charge < -0.3 is 10.2 Å². The highest BCUT2D eigenvalue weighted by Crippen LogP contribution is 2.22. The Hall–Kier alpha value is -0.160. The molecule has 0 aromatic carbocycles. The van der Waals surface area contributed by atoms with Crippen LogP contribution in [0, 0.1) is 0 Å². The lowest BCUT2D eigenvalue weighted by Crippen LogP contribution is -2.36. The molecule has 0 bridgehead atoms. The Morgan fingerprint density at radius 2 is 1.06 bits per heavy atom. The standard InChI is InChI=1S/C14H30O4/c1-5-7-9-11-13(3,15)17-18-14(4,16)12-10-8-6-2/h15-16H,5-12H2,1-4H3. The first-order valence-corrected chi connectivity index (χ1v) is 7.14. The van der Waals surface area contributed by atoms with Crippen LogP contribution < -0.4 is 0 Å². The minimum Gasteiger partial charge on any atom is -0.363 e. The molecule has 2 atom stereocenters. The highest BCUT2D eigenvalue weighted by Gasteiger charge is 2.29. The van der Waals surface area contributed by atoms with E-state index in [1.165, 1.54) is 0 Å². The van der Waals surface area contributed by atoms with Crippen molar-refractivity contribution in [1.29, 1.82) is 0 Å². The summed E-state index contributed by atoms with van der Waals surface area (Å²) < 4.78 is 0. The largest absolute Gasteiger partial charge is 0.363 e. The molecule has 0 amide bonds. The molecule has 2 unspecified atom stereocenters. The van der Waals surface area contributed by atoms with Gasteiger partial charge in [-0.2, -0.15) is 9.78 Å². The average molecular weight is 262 g/mol. The van der Waals surface area contributed by atoms with E-state index in [0.717, 1.165) is 38.5 Å². The van der Waals surface area contributed by atoms with E-state index in [9.17, 15) is 10.2 Å². The summed E-state index contributed by atoms with van der Waals surface area (Å²) in [6.45, 7) is 7.32. The molecule has 0 aromatic heterocycles. The van der Waals surface area contributed by atoms with Crippen LogP contribution >= 0.6 is 0 Å². The van der Waals surface area contributed by atoms with Crippen molar-refractivity contribution >= 4 is 0 Å². The molecule has 4 heteroatoms. The molecule has 0 fully saturated rings. The fraction of sp³-hybridized carbons (Fsp3) is 1.00. The van der Waals surface area contributed by atoms with Crippen molar-refractivity contribution < 1.29 is 20.0 Å². The summed E-state index contributed by atoms with van der Waals surface area (Å²) in [6.07, 6.45) is 7.05. The zero-order valence-electron chi connectivity index (χ0n) is 12.4. The molecule has 0 saturated heterocycles. The summed E-state index contributed by atoms with van der Waals surface area (Å²) in [5.41, 5.74) is 0. The van der Waals surface area contributed by atoms with E-state index in [4.69, 9.17) is 9.78 Å². The summed E-state index contributed by atoms with van der Waals surface area (Å²) in [7, 11) is 0.